The van der Waals surface area contributed by atoms with Gasteiger partial charge in [0.05, 0.1) is 6.04 Å². The lowest BCUT2D eigenvalue weighted by Gasteiger charge is -2.30. The van der Waals surface area contributed by atoms with Crippen molar-refractivity contribution in [2.45, 2.75) is 44.7 Å². The molecule has 2 aliphatic heterocycles. The summed E-state index contributed by atoms with van der Waals surface area (Å²) in [5, 5.41) is 6.44. The van der Waals surface area contributed by atoms with Crippen LogP contribution in [0.4, 0.5) is 0 Å². The molecule has 2 N–H and O–H groups in total. The van der Waals surface area contributed by atoms with Gasteiger partial charge < -0.3 is 15.5 Å². The molecule has 98 valence electrons. The van der Waals surface area contributed by atoms with Crippen molar-refractivity contribution in [3.05, 3.63) is 0 Å². The molecule has 2 heterocycles. The fourth-order valence-corrected chi connectivity index (χ4v) is 2.97. The number of hydrogen-bond donors (Lipinski definition) is 2. The van der Waals surface area contributed by atoms with Gasteiger partial charge in [-0.05, 0) is 51.7 Å². The van der Waals surface area contributed by atoms with Crippen LogP contribution in [0.5, 0.6) is 0 Å². The Kier molecular flexibility index (Phi) is 4.40. The van der Waals surface area contributed by atoms with Gasteiger partial charge >= 0.3 is 0 Å². The molecule has 0 aromatic heterocycles. The average molecular weight is 239 g/mol. The van der Waals surface area contributed by atoms with Crippen LogP contribution in [0.25, 0.3) is 0 Å². The number of likely N-dealkylation sites (tertiary alicyclic amines) is 1. The summed E-state index contributed by atoms with van der Waals surface area (Å²) in [4.78, 5) is 14.4. The minimum absolute atomic E-state index is 0.0236. The van der Waals surface area contributed by atoms with E-state index >= 15 is 0 Å². The molecule has 0 radical (unpaired) electrons. The standard InChI is InChI=1S/C13H25N3O/c1-10-5-3-7-14-12(10)13(17)15-9-11-6-4-8-16(11)2/h10-12,14H,3-9H2,1-2H3,(H,15,17). The van der Waals surface area contributed by atoms with Gasteiger partial charge in [-0.3, -0.25) is 4.79 Å². The highest BCUT2D eigenvalue weighted by Crippen LogP contribution is 2.16. The lowest BCUT2D eigenvalue weighted by atomic mass is 9.92. The summed E-state index contributed by atoms with van der Waals surface area (Å²) >= 11 is 0. The Labute approximate surface area is 104 Å². The Morgan fingerprint density at radius 2 is 2.24 bits per heavy atom. The van der Waals surface area contributed by atoms with Gasteiger partial charge in [-0.15, -0.1) is 0 Å². The first-order chi connectivity index (χ1) is 8.18. The van der Waals surface area contributed by atoms with Gasteiger partial charge in [-0.1, -0.05) is 6.92 Å². The van der Waals surface area contributed by atoms with Crippen LogP contribution in [0.15, 0.2) is 0 Å². The second-order valence-corrected chi connectivity index (χ2v) is 5.57. The van der Waals surface area contributed by atoms with E-state index in [0.29, 0.717) is 12.0 Å². The summed E-state index contributed by atoms with van der Waals surface area (Å²) in [5.41, 5.74) is 0. The molecule has 0 saturated carbocycles. The minimum atomic E-state index is 0.0236. The third-order valence-electron chi connectivity index (χ3n) is 4.24. The molecule has 3 unspecified atom stereocenters. The SMILES string of the molecule is CC1CCCNC1C(=O)NCC1CCCN1C. The highest BCUT2D eigenvalue weighted by molar-refractivity contribution is 5.82. The largest absolute Gasteiger partial charge is 0.353 e. The van der Waals surface area contributed by atoms with E-state index < -0.39 is 0 Å². The van der Waals surface area contributed by atoms with Crippen LogP contribution in [-0.4, -0.2) is 49.6 Å². The molecular formula is C13H25N3O. The highest BCUT2D eigenvalue weighted by atomic mass is 16.2. The Morgan fingerprint density at radius 1 is 1.41 bits per heavy atom. The number of likely N-dealkylation sites (N-methyl/N-ethyl adjacent to an activating group) is 1. The number of hydrogen-bond acceptors (Lipinski definition) is 3. The van der Waals surface area contributed by atoms with Crippen LogP contribution in [0, 0.1) is 5.92 Å². The summed E-state index contributed by atoms with van der Waals surface area (Å²) in [7, 11) is 2.14. The van der Waals surface area contributed by atoms with Crippen LogP contribution < -0.4 is 10.6 Å². The normalized spacial score (nSPS) is 34.8. The van der Waals surface area contributed by atoms with Gasteiger partial charge in [0.25, 0.3) is 0 Å². The molecule has 2 aliphatic rings. The van der Waals surface area contributed by atoms with E-state index in [9.17, 15) is 4.79 Å². The Balaban J connectivity index is 1.76. The fraction of sp³-hybridized carbons (Fsp3) is 0.923. The average Bonchev–Trinajstić information content (AvgIpc) is 2.72. The van der Waals surface area contributed by atoms with Crippen molar-refractivity contribution in [2.75, 3.05) is 26.7 Å². The smallest absolute Gasteiger partial charge is 0.237 e. The van der Waals surface area contributed by atoms with Crippen LogP contribution in [-0.2, 0) is 4.79 Å². The second kappa shape index (κ2) is 5.83. The van der Waals surface area contributed by atoms with Crippen molar-refractivity contribution >= 4 is 5.91 Å². The number of piperidine rings is 1. The Morgan fingerprint density at radius 3 is 2.88 bits per heavy atom. The van der Waals surface area contributed by atoms with E-state index in [1.54, 1.807) is 0 Å². The van der Waals surface area contributed by atoms with Gasteiger partial charge in [0.15, 0.2) is 0 Å². The van der Waals surface area contributed by atoms with Crippen LogP contribution >= 0.6 is 0 Å². The monoisotopic (exact) mass is 239 g/mol. The first-order valence-corrected chi connectivity index (χ1v) is 6.90. The summed E-state index contributed by atoms with van der Waals surface area (Å²) in [6.45, 7) is 5.11. The van der Waals surface area contributed by atoms with Gasteiger partial charge in [0.2, 0.25) is 5.91 Å². The minimum Gasteiger partial charge on any atom is -0.353 e. The number of nitrogens with one attached hydrogen (secondary N) is 2. The van der Waals surface area contributed by atoms with Crippen molar-refractivity contribution < 1.29 is 4.79 Å². The molecule has 0 aromatic carbocycles. The molecule has 3 atom stereocenters. The molecule has 2 saturated heterocycles. The number of amides is 1. The summed E-state index contributed by atoms with van der Waals surface area (Å²) in [5.74, 6) is 0.655. The highest BCUT2D eigenvalue weighted by Gasteiger charge is 2.28. The molecule has 0 spiro atoms. The molecule has 4 nitrogen and oxygen atoms in total. The molecule has 0 aliphatic carbocycles. The first-order valence-electron chi connectivity index (χ1n) is 6.90. The van der Waals surface area contributed by atoms with Crippen LogP contribution in [0.2, 0.25) is 0 Å². The fourth-order valence-electron chi connectivity index (χ4n) is 2.97. The maximum atomic E-state index is 12.1. The van der Waals surface area contributed by atoms with Gasteiger partial charge in [0, 0.05) is 12.6 Å². The molecule has 0 bridgehead atoms. The number of nitrogens with zero attached hydrogens (tertiary/aromatic N) is 1. The predicted octanol–water partition coefficient (Wildman–Crippen LogP) is 0.585. The lowest BCUT2D eigenvalue weighted by molar-refractivity contribution is -0.125. The molecule has 4 heteroatoms. The van der Waals surface area contributed by atoms with Gasteiger partial charge in [-0.25, -0.2) is 0 Å². The third kappa shape index (κ3) is 3.19. The van der Waals surface area contributed by atoms with Gasteiger partial charge in [-0.2, -0.15) is 0 Å². The second-order valence-electron chi connectivity index (χ2n) is 5.57. The zero-order valence-electron chi connectivity index (χ0n) is 11.0. The molecule has 17 heavy (non-hydrogen) atoms. The Bertz CT molecular complexity index is 269. The van der Waals surface area contributed by atoms with E-state index in [-0.39, 0.29) is 11.9 Å². The van der Waals surface area contributed by atoms with Crippen molar-refractivity contribution in [1.29, 1.82) is 0 Å². The number of carbonyl (C=O) groups is 1. The molecule has 2 rings (SSSR count). The molecular weight excluding hydrogens is 214 g/mol. The first kappa shape index (κ1) is 12.8. The van der Waals surface area contributed by atoms with Crippen LogP contribution in [0.3, 0.4) is 0 Å². The quantitative estimate of drug-likeness (QED) is 0.757. The Hall–Kier alpha value is -0.610. The maximum Gasteiger partial charge on any atom is 0.237 e. The maximum absolute atomic E-state index is 12.1. The third-order valence-corrected chi connectivity index (χ3v) is 4.24. The molecule has 1 amide bonds. The van der Waals surface area contributed by atoms with Gasteiger partial charge in [0.1, 0.15) is 0 Å². The van der Waals surface area contributed by atoms with Crippen molar-refractivity contribution in [3.63, 3.8) is 0 Å². The predicted molar refractivity (Wildman–Crippen MR) is 68.9 cm³/mol. The zero-order valence-corrected chi connectivity index (χ0v) is 11.0. The van der Waals surface area contributed by atoms with E-state index in [1.807, 2.05) is 0 Å². The summed E-state index contributed by atoms with van der Waals surface area (Å²) < 4.78 is 0. The topological polar surface area (TPSA) is 44.4 Å². The van der Waals surface area contributed by atoms with E-state index in [2.05, 4.69) is 29.5 Å². The summed E-state index contributed by atoms with van der Waals surface area (Å²) in [6, 6.07) is 0.563. The molecule has 2 fully saturated rings. The van der Waals surface area contributed by atoms with E-state index in [4.69, 9.17) is 0 Å². The van der Waals surface area contributed by atoms with Crippen molar-refractivity contribution in [3.8, 4) is 0 Å². The number of carbonyl (C=O) groups excluding carboxylic acids is 1. The molecule has 0 aromatic rings. The zero-order chi connectivity index (χ0) is 12.3. The van der Waals surface area contributed by atoms with Crippen molar-refractivity contribution in [1.82, 2.24) is 15.5 Å². The number of rotatable bonds is 3. The van der Waals surface area contributed by atoms with E-state index in [0.717, 1.165) is 19.5 Å². The van der Waals surface area contributed by atoms with Crippen LogP contribution in [0.1, 0.15) is 32.6 Å². The summed E-state index contributed by atoms with van der Waals surface area (Å²) in [6.07, 6.45) is 4.82. The lowest BCUT2D eigenvalue weighted by Crippen LogP contribution is -2.52. The van der Waals surface area contributed by atoms with Crippen molar-refractivity contribution in [2.24, 2.45) is 5.92 Å². The van der Waals surface area contributed by atoms with E-state index in [1.165, 1.54) is 25.8 Å².